The van der Waals surface area contributed by atoms with E-state index in [4.69, 9.17) is 16.3 Å². The average Bonchev–Trinajstić information content (AvgIpc) is 2.22. The first-order chi connectivity index (χ1) is 8.04. The molecule has 2 rings (SSSR count). The second-order valence-electron chi connectivity index (χ2n) is 3.00. The van der Waals surface area contributed by atoms with Crippen molar-refractivity contribution in [1.82, 2.24) is 9.97 Å². The van der Waals surface area contributed by atoms with E-state index in [1.165, 1.54) is 18.3 Å². The van der Waals surface area contributed by atoms with Crippen LogP contribution >= 0.6 is 43.5 Å². The van der Waals surface area contributed by atoms with Crippen LogP contribution in [0.4, 0.5) is 4.39 Å². The molecule has 1 aromatic carbocycles. The molecular weight excluding hydrogens is 378 g/mol. The zero-order valence-corrected chi connectivity index (χ0v) is 12.1. The molecule has 0 aliphatic rings. The predicted molar refractivity (Wildman–Crippen MR) is 68.9 cm³/mol. The van der Waals surface area contributed by atoms with Gasteiger partial charge in [0.2, 0.25) is 11.2 Å². The highest BCUT2D eigenvalue weighted by Gasteiger charge is 2.08. The molecule has 0 saturated carbocycles. The van der Waals surface area contributed by atoms with Gasteiger partial charge in [0.25, 0.3) is 0 Å². The van der Waals surface area contributed by atoms with Gasteiger partial charge in [-0.2, -0.15) is 4.98 Å². The number of aromatic nitrogens is 2. The number of hydrogen-bond acceptors (Lipinski definition) is 3. The lowest BCUT2D eigenvalue weighted by Gasteiger charge is -2.06. The summed E-state index contributed by atoms with van der Waals surface area (Å²) in [7, 11) is 0. The monoisotopic (exact) mass is 380 g/mol. The van der Waals surface area contributed by atoms with Gasteiger partial charge in [-0.15, -0.1) is 0 Å². The first kappa shape index (κ1) is 12.7. The standard InChI is InChI=1S/C10H4Br2ClFN2O/c11-5-1-6(14)3-7(2-5)17-9-8(12)4-15-10(13)16-9/h1-4H. The molecule has 0 aliphatic carbocycles. The Balaban J connectivity index is 2.34. The quantitative estimate of drug-likeness (QED) is 0.713. The first-order valence-corrected chi connectivity index (χ1v) is 6.33. The van der Waals surface area contributed by atoms with Crippen molar-refractivity contribution >= 4 is 43.5 Å². The third kappa shape index (κ3) is 3.37. The molecule has 0 fully saturated rings. The zero-order chi connectivity index (χ0) is 12.4. The number of ether oxygens (including phenoxy) is 1. The fourth-order valence-electron chi connectivity index (χ4n) is 1.10. The molecular formula is C10H4Br2ClFN2O. The van der Waals surface area contributed by atoms with Gasteiger partial charge in [0, 0.05) is 16.7 Å². The highest BCUT2D eigenvalue weighted by atomic mass is 79.9. The molecule has 0 atom stereocenters. The Kier molecular flexibility index (Phi) is 3.96. The van der Waals surface area contributed by atoms with Crippen LogP contribution in [-0.4, -0.2) is 9.97 Å². The molecule has 1 aromatic heterocycles. The molecule has 0 saturated heterocycles. The van der Waals surface area contributed by atoms with Crippen molar-refractivity contribution in [3.05, 3.63) is 44.4 Å². The summed E-state index contributed by atoms with van der Waals surface area (Å²) in [5.41, 5.74) is 0. The summed E-state index contributed by atoms with van der Waals surface area (Å²) in [6.45, 7) is 0. The third-order valence-corrected chi connectivity index (χ3v) is 2.92. The number of rotatable bonds is 2. The lowest BCUT2D eigenvalue weighted by atomic mass is 10.3. The molecule has 0 spiro atoms. The minimum atomic E-state index is -0.411. The molecule has 0 bridgehead atoms. The van der Waals surface area contributed by atoms with Crippen LogP contribution in [0, 0.1) is 5.82 Å². The second-order valence-corrected chi connectivity index (χ2v) is 5.11. The summed E-state index contributed by atoms with van der Waals surface area (Å²) in [6.07, 6.45) is 1.46. The summed E-state index contributed by atoms with van der Waals surface area (Å²) in [5.74, 6) is 0.125. The van der Waals surface area contributed by atoms with Gasteiger partial charge >= 0.3 is 0 Å². The van der Waals surface area contributed by atoms with Gasteiger partial charge in [-0.05, 0) is 39.7 Å². The fraction of sp³-hybridized carbons (Fsp3) is 0. The first-order valence-electron chi connectivity index (χ1n) is 4.36. The van der Waals surface area contributed by atoms with Crippen molar-refractivity contribution in [2.45, 2.75) is 0 Å². The van der Waals surface area contributed by atoms with E-state index in [-0.39, 0.29) is 11.2 Å². The smallest absolute Gasteiger partial charge is 0.237 e. The molecule has 17 heavy (non-hydrogen) atoms. The Morgan fingerprint density at radius 3 is 2.71 bits per heavy atom. The van der Waals surface area contributed by atoms with Crippen LogP contribution in [0.2, 0.25) is 5.28 Å². The maximum Gasteiger partial charge on any atom is 0.237 e. The SMILES string of the molecule is Fc1cc(Br)cc(Oc2nc(Cl)ncc2Br)c1. The average molecular weight is 382 g/mol. The number of benzene rings is 1. The molecule has 3 nitrogen and oxygen atoms in total. The van der Waals surface area contributed by atoms with Gasteiger partial charge in [0.1, 0.15) is 11.6 Å². The van der Waals surface area contributed by atoms with E-state index in [9.17, 15) is 4.39 Å². The van der Waals surface area contributed by atoms with E-state index < -0.39 is 5.82 Å². The third-order valence-electron chi connectivity index (χ3n) is 1.73. The maximum absolute atomic E-state index is 13.1. The Hall–Kier alpha value is -0.720. The van der Waals surface area contributed by atoms with Gasteiger partial charge in [-0.1, -0.05) is 15.9 Å². The maximum atomic E-state index is 13.1. The summed E-state index contributed by atoms with van der Waals surface area (Å²) in [6, 6.07) is 4.19. The van der Waals surface area contributed by atoms with Crippen molar-refractivity contribution in [2.75, 3.05) is 0 Å². The summed E-state index contributed by atoms with van der Waals surface area (Å²) < 4.78 is 19.6. The molecule has 7 heteroatoms. The van der Waals surface area contributed by atoms with Crippen LogP contribution in [0.1, 0.15) is 0 Å². The minimum Gasteiger partial charge on any atom is -0.438 e. The normalized spacial score (nSPS) is 10.4. The lowest BCUT2D eigenvalue weighted by Crippen LogP contribution is -1.92. The van der Waals surface area contributed by atoms with Crippen LogP contribution in [0.25, 0.3) is 0 Å². The van der Waals surface area contributed by atoms with Crippen LogP contribution in [0.5, 0.6) is 11.6 Å². The largest absolute Gasteiger partial charge is 0.438 e. The Morgan fingerprint density at radius 2 is 2.00 bits per heavy atom. The van der Waals surface area contributed by atoms with Crippen molar-refractivity contribution in [3.63, 3.8) is 0 Å². The number of hydrogen-bond donors (Lipinski definition) is 0. The van der Waals surface area contributed by atoms with Gasteiger partial charge in [-0.25, -0.2) is 9.37 Å². The lowest BCUT2D eigenvalue weighted by molar-refractivity contribution is 0.453. The number of halogens is 4. The molecule has 0 aliphatic heterocycles. The van der Waals surface area contributed by atoms with Gasteiger partial charge in [0.15, 0.2) is 0 Å². The van der Waals surface area contributed by atoms with Gasteiger partial charge in [-0.3, -0.25) is 0 Å². The van der Waals surface area contributed by atoms with Crippen molar-refractivity contribution < 1.29 is 9.13 Å². The highest BCUT2D eigenvalue weighted by molar-refractivity contribution is 9.10. The van der Waals surface area contributed by atoms with Crippen molar-refractivity contribution in [1.29, 1.82) is 0 Å². The fourth-order valence-corrected chi connectivity index (χ4v) is 1.94. The molecule has 0 amide bonds. The zero-order valence-electron chi connectivity index (χ0n) is 8.12. The van der Waals surface area contributed by atoms with E-state index in [0.717, 1.165) is 0 Å². The Labute approximate surface area is 118 Å². The molecule has 0 radical (unpaired) electrons. The van der Waals surface area contributed by atoms with Crippen molar-refractivity contribution in [3.8, 4) is 11.6 Å². The van der Waals surface area contributed by atoms with Crippen LogP contribution in [0.3, 0.4) is 0 Å². The number of nitrogens with zero attached hydrogens (tertiary/aromatic N) is 2. The summed E-state index contributed by atoms with van der Waals surface area (Å²) in [5, 5.41) is 0.0543. The summed E-state index contributed by atoms with van der Waals surface area (Å²) in [4.78, 5) is 7.64. The molecule has 88 valence electrons. The molecule has 0 unspecified atom stereocenters. The van der Waals surface area contributed by atoms with E-state index in [1.807, 2.05) is 0 Å². The van der Waals surface area contributed by atoms with Gasteiger partial charge < -0.3 is 4.74 Å². The van der Waals surface area contributed by atoms with E-state index in [1.54, 1.807) is 6.07 Å². The topological polar surface area (TPSA) is 35.0 Å². The minimum absolute atomic E-state index is 0.0543. The van der Waals surface area contributed by atoms with Crippen LogP contribution in [0.15, 0.2) is 33.3 Å². The Bertz CT molecular complexity index is 548. The van der Waals surface area contributed by atoms with E-state index in [2.05, 4.69) is 41.8 Å². The molecule has 2 aromatic rings. The summed E-state index contributed by atoms with van der Waals surface area (Å²) >= 11 is 12.0. The highest BCUT2D eigenvalue weighted by Crippen LogP contribution is 2.29. The van der Waals surface area contributed by atoms with Crippen LogP contribution < -0.4 is 4.74 Å². The van der Waals surface area contributed by atoms with Gasteiger partial charge in [0.05, 0.1) is 4.47 Å². The predicted octanol–water partition coefficient (Wildman–Crippen LogP) is 4.59. The van der Waals surface area contributed by atoms with E-state index in [0.29, 0.717) is 14.7 Å². The van der Waals surface area contributed by atoms with Crippen LogP contribution in [-0.2, 0) is 0 Å². The van der Waals surface area contributed by atoms with Crippen molar-refractivity contribution in [2.24, 2.45) is 0 Å². The molecule has 1 heterocycles. The second kappa shape index (κ2) is 5.29. The Morgan fingerprint density at radius 1 is 1.24 bits per heavy atom. The molecule has 0 N–H and O–H groups in total. The van der Waals surface area contributed by atoms with E-state index >= 15 is 0 Å².